The fraction of sp³-hybridized carbons (Fsp3) is 0.643. The molecule has 17 heavy (non-hydrogen) atoms. The monoisotopic (exact) mass is 237 g/mol. The molecule has 0 fully saturated rings. The van der Waals surface area contributed by atoms with Crippen LogP contribution in [-0.4, -0.2) is 18.2 Å². The van der Waals surface area contributed by atoms with Gasteiger partial charge in [0, 0.05) is 12.3 Å². The Bertz CT molecular complexity index is 326. The fourth-order valence-electron chi connectivity index (χ4n) is 1.46. The minimum atomic E-state index is 0.729. The Labute approximate surface area is 104 Å². The smallest absolute Gasteiger partial charge is 0.182 e. The van der Waals surface area contributed by atoms with Crippen molar-refractivity contribution in [2.24, 2.45) is 0 Å². The lowest BCUT2D eigenvalue weighted by atomic mass is 10.3. The molecule has 0 aliphatic rings. The minimum absolute atomic E-state index is 0.729. The Balaban J connectivity index is 2.63. The van der Waals surface area contributed by atoms with E-state index in [1.54, 1.807) is 6.20 Å². The number of hydrogen-bond donors (Lipinski definition) is 0. The molecule has 1 aromatic heterocycles. The maximum atomic E-state index is 5.75. The molecule has 0 spiro atoms. The van der Waals surface area contributed by atoms with E-state index in [0.29, 0.717) is 0 Å². The highest BCUT2D eigenvalue weighted by molar-refractivity contribution is 5.42. The van der Waals surface area contributed by atoms with Gasteiger partial charge >= 0.3 is 0 Å². The van der Waals surface area contributed by atoms with Crippen LogP contribution in [0.4, 0.5) is 0 Å². The van der Waals surface area contributed by atoms with Gasteiger partial charge in [-0.3, -0.25) is 4.98 Å². The van der Waals surface area contributed by atoms with Crippen LogP contribution in [0.3, 0.4) is 0 Å². The molecule has 3 heteroatoms. The average Bonchev–Trinajstić information content (AvgIpc) is 2.33. The topological polar surface area (TPSA) is 31.4 Å². The zero-order valence-corrected chi connectivity index (χ0v) is 11.2. The van der Waals surface area contributed by atoms with Crippen molar-refractivity contribution < 1.29 is 9.47 Å². The molecule has 1 aromatic rings. The van der Waals surface area contributed by atoms with E-state index >= 15 is 0 Å². The highest BCUT2D eigenvalue weighted by Crippen LogP contribution is 2.29. The molecule has 1 rings (SSSR count). The first kappa shape index (κ1) is 13.8. The summed E-state index contributed by atoms with van der Waals surface area (Å²) in [6, 6.07) is 1.88. The SMILES string of the molecule is CCCCOc1ccnc(C)c1OCCCC. The average molecular weight is 237 g/mol. The van der Waals surface area contributed by atoms with Crippen LogP contribution >= 0.6 is 0 Å². The second kappa shape index (κ2) is 7.93. The van der Waals surface area contributed by atoms with Gasteiger partial charge in [0.1, 0.15) is 0 Å². The molecule has 0 saturated carbocycles. The molecule has 0 amide bonds. The van der Waals surface area contributed by atoms with Gasteiger partial charge in [0.05, 0.1) is 18.9 Å². The number of ether oxygens (including phenoxy) is 2. The largest absolute Gasteiger partial charge is 0.490 e. The third-order valence-electron chi connectivity index (χ3n) is 2.55. The molecule has 0 atom stereocenters. The van der Waals surface area contributed by atoms with Crippen molar-refractivity contribution in [1.82, 2.24) is 4.98 Å². The molecular formula is C14H23NO2. The molecule has 0 unspecified atom stereocenters. The van der Waals surface area contributed by atoms with Gasteiger partial charge in [0.15, 0.2) is 11.5 Å². The van der Waals surface area contributed by atoms with Crippen LogP contribution in [0.1, 0.15) is 45.2 Å². The van der Waals surface area contributed by atoms with Crippen molar-refractivity contribution in [3.63, 3.8) is 0 Å². The van der Waals surface area contributed by atoms with E-state index in [0.717, 1.165) is 56.1 Å². The Morgan fingerprint density at radius 1 is 1.06 bits per heavy atom. The lowest BCUT2D eigenvalue weighted by Crippen LogP contribution is -2.04. The highest BCUT2D eigenvalue weighted by Gasteiger charge is 2.08. The zero-order chi connectivity index (χ0) is 12.5. The van der Waals surface area contributed by atoms with E-state index in [9.17, 15) is 0 Å². The third-order valence-corrected chi connectivity index (χ3v) is 2.55. The quantitative estimate of drug-likeness (QED) is 0.645. The van der Waals surface area contributed by atoms with E-state index in [2.05, 4.69) is 18.8 Å². The summed E-state index contributed by atoms with van der Waals surface area (Å²) in [5, 5.41) is 0. The number of nitrogens with zero attached hydrogens (tertiary/aromatic N) is 1. The summed E-state index contributed by atoms with van der Waals surface area (Å²) in [5.74, 6) is 1.62. The molecule has 0 bridgehead atoms. The second-order valence-corrected chi connectivity index (χ2v) is 4.13. The summed E-state index contributed by atoms with van der Waals surface area (Å²) in [6.07, 6.45) is 6.16. The van der Waals surface area contributed by atoms with Crippen LogP contribution in [0.25, 0.3) is 0 Å². The normalized spacial score (nSPS) is 10.3. The predicted octanol–water partition coefficient (Wildman–Crippen LogP) is 3.75. The van der Waals surface area contributed by atoms with Gasteiger partial charge in [-0.2, -0.15) is 0 Å². The third kappa shape index (κ3) is 4.63. The maximum absolute atomic E-state index is 5.75. The van der Waals surface area contributed by atoms with Crippen LogP contribution in [0.15, 0.2) is 12.3 Å². The summed E-state index contributed by atoms with van der Waals surface area (Å²) >= 11 is 0. The first-order valence-electron chi connectivity index (χ1n) is 6.50. The van der Waals surface area contributed by atoms with Crippen LogP contribution in [0.2, 0.25) is 0 Å². The molecule has 0 aliphatic carbocycles. The van der Waals surface area contributed by atoms with Crippen molar-refractivity contribution >= 4 is 0 Å². The van der Waals surface area contributed by atoms with Gasteiger partial charge in [-0.1, -0.05) is 26.7 Å². The Kier molecular flexibility index (Phi) is 6.45. The maximum Gasteiger partial charge on any atom is 0.182 e. The first-order chi connectivity index (χ1) is 8.29. The summed E-state index contributed by atoms with van der Waals surface area (Å²) in [7, 11) is 0. The van der Waals surface area contributed by atoms with Crippen molar-refractivity contribution in [1.29, 1.82) is 0 Å². The van der Waals surface area contributed by atoms with Crippen molar-refractivity contribution in [3.8, 4) is 11.5 Å². The molecule has 0 radical (unpaired) electrons. The van der Waals surface area contributed by atoms with Gasteiger partial charge in [-0.15, -0.1) is 0 Å². The number of unbranched alkanes of at least 4 members (excludes halogenated alkanes) is 2. The van der Waals surface area contributed by atoms with Gasteiger partial charge in [-0.25, -0.2) is 0 Å². The van der Waals surface area contributed by atoms with Gasteiger partial charge < -0.3 is 9.47 Å². The summed E-state index contributed by atoms with van der Waals surface area (Å²) in [5.41, 5.74) is 0.898. The fourth-order valence-corrected chi connectivity index (χ4v) is 1.46. The number of aromatic nitrogens is 1. The summed E-state index contributed by atoms with van der Waals surface area (Å²) in [4.78, 5) is 4.24. The van der Waals surface area contributed by atoms with Crippen molar-refractivity contribution in [2.45, 2.75) is 46.5 Å². The first-order valence-corrected chi connectivity index (χ1v) is 6.50. The number of hydrogen-bond acceptors (Lipinski definition) is 3. The minimum Gasteiger partial charge on any atom is -0.490 e. The summed E-state index contributed by atoms with van der Waals surface area (Å²) < 4.78 is 11.5. The molecular weight excluding hydrogens is 214 g/mol. The molecule has 1 heterocycles. The van der Waals surface area contributed by atoms with Crippen LogP contribution in [0.5, 0.6) is 11.5 Å². The molecule has 0 aromatic carbocycles. The Morgan fingerprint density at radius 3 is 2.35 bits per heavy atom. The Morgan fingerprint density at radius 2 is 1.71 bits per heavy atom. The van der Waals surface area contributed by atoms with E-state index < -0.39 is 0 Å². The van der Waals surface area contributed by atoms with Crippen LogP contribution in [-0.2, 0) is 0 Å². The molecule has 0 aliphatic heterocycles. The van der Waals surface area contributed by atoms with E-state index in [1.807, 2.05) is 13.0 Å². The van der Waals surface area contributed by atoms with E-state index in [-0.39, 0.29) is 0 Å². The van der Waals surface area contributed by atoms with E-state index in [4.69, 9.17) is 9.47 Å². The Hall–Kier alpha value is -1.25. The second-order valence-electron chi connectivity index (χ2n) is 4.13. The molecule has 3 nitrogen and oxygen atoms in total. The molecule has 0 N–H and O–H groups in total. The lowest BCUT2D eigenvalue weighted by Gasteiger charge is -2.13. The van der Waals surface area contributed by atoms with Crippen LogP contribution in [0, 0.1) is 6.92 Å². The van der Waals surface area contributed by atoms with Gasteiger partial charge in [0.25, 0.3) is 0 Å². The van der Waals surface area contributed by atoms with Crippen molar-refractivity contribution in [2.75, 3.05) is 13.2 Å². The molecule has 0 saturated heterocycles. The number of aryl methyl sites for hydroxylation is 1. The standard InChI is InChI=1S/C14H23NO2/c1-4-6-10-16-13-8-9-15-12(3)14(13)17-11-7-5-2/h8-9H,4-7,10-11H2,1-3H3. The number of rotatable bonds is 8. The van der Waals surface area contributed by atoms with Gasteiger partial charge in [0.2, 0.25) is 0 Å². The van der Waals surface area contributed by atoms with Crippen LogP contribution < -0.4 is 9.47 Å². The lowest BCUT2D eigenvalue weighted by molar-refractivity contribution is 0.259. The molecule has 96 valence electrons. The van der Waals surface area contributed by atoms with E-state index in [1.165, 1.54) is 0 Å². The zero-order valence-electron chi connectivity index (χ0n) is 11.2. The number of pyridine rings is 1. The van der Waals surface area contributed by atoms with Gasteiger partial charge in [-0.05, 0) is 19.8 Å². The summed E-state index contributed by atoms with van der Waals surface area (Å²) in [6.45, 7) is 7.73. The predicted molar refractivity (Wildman–Crippen MR) is 69.8 cm³/mol. The highest BCUT2D eigenvalue weighted by atomic mass is 16.5. The van der Waals surface area contributed by atoms with Crippen molar-refractivity contribution in [3.05, 3.63) is 18.0 Å².